The van der Waals surface area contributed by atoms with Crippen molar-refractivity contribution in [1.82, 2.24) is 15.8 Å². The van der Waals surface area contributed by atoms with Crippen molar-refractivity contribution in [3.8, 4) is 11.5 Å². The minimum atomic E-state index is -1.59. The molecule has 83 heavy (non-hydrogen) atoms. The number of cyclic esters (lactones) is 1. The molecule has 2 aromatic rings. The number of Topliss-reactive ketones (excluding diaryl/α,β-unsaturated/α-hetero) is 1. The van der Waals surface area contributed by atoms with Crippen molar-refractivity contribution in [3.05, 3.63) is 46.2 Å². The number of hydrogen-bond acceptors (Lipinski definition) is 20. The Balaban J connectivity index is 1.29. The second kappa shape index (κ2) is 28.4. The molecule has 0 saturated carbocycles. The number of ketones is 1. The van der Waals surface area contributed by atoms with E-state index >= 15 is 9.59 Å². The smallest absolute Gasteiger partial charge is 0.407 e. The Morgan fingerprint density at radius 3 is 2.14 bits per heavy atom. The molecular weight excluding hydrogens is 1120 g/mol. The summed E-state index contributed by atoms with van der Waals surface area (Å²) in [6, 6.07) is 4.32. The van der Waals surface area contributed by atoms with Crippen LogP contribution in [0.1, 0.15) is 139 Å². The number of amides is 2. The van der Waals surface area contributed by atoms with Crippen LogP contribution in [-0.4, -0.2) is 153 Å². The Labute approximate surface area is 498 Å². The van der Waals surface area contributed by atoms with Crippen molar-refractivity contribution in [2.24, 2.45) is 29.6 Å². The number of fused-ring (bicyclic) bond motifs is 1. The Bertz CT molecular complexity index is 2560. The van der Waals surface area contributed by atoms with Crippen molar-refractivity contribution in [3.63, 3.8) is 0 Å². The van der Waals surface area contributed by atoms with Crippen LogP contribution in [0.4, 0.5) is 10.5 Å². The fourth-order valence-electron chi connectivity index (χ4n) is 12.0. The van der Waals surface area contributed by atoms with Gasteiger partial charge in [-0.25, -0.2) is 4.79 Å². The molecule has 24 heteroatoms. The summed E-state index contributed by atoms with van der Waals surface area (Å²) in [6.07, 6.45) is -4.56. The number of carbonyl (C=O) groups excluding carboxylic acids is 5. The number of esters is 2. The third kappa shape index (κ3) is 16.0. The van der Waals surface area contributed by atoms with Crippen molar-refractivity contribution in [2.45, 2.75) is 213 Å². The van der Waals surface area contributed by atoms with Crippen molar-refractivity contribution >= 4 is 58.6 Å². The minimum Gasteiger partial charge on any atom is -0.493 e. The Morgan fingerprint density at radius 2 is 1.52 bits per heavy atom. The molecular formula is C59H88Cl2N4O18. The van der Waals surface area contributed by atoms with Crippen LogP contribution in [0.15, 0.2) is 30.6 Å². The molecule has 4 fully saturated rings. The summed E-state index contributed by atoms with van der Waals surface area (Å²) in [6.45, 7) is 24.8. The molecule has 0 radical (unpaired) electrons. The number of benzene rings is 1. The van der Waals surface area contributed by atoms with Gasteiger partial charge < -0.3 is 67.5 Å². The Hall–Kier alpha value is -4.46. The third-order valence-corrected chi connectivity index (χ3v) is 17.6. The molecule has 3 N–H and O–H groups in total. The van der Waals surface area contributed by atoms with E-state index in [9.17, 15) is 14.4 Å². The van der Waals surface area contributed by atoms with Gasteiger partial charge in [0.1, 0.15) is 23.6 Å². The summed E-state index contributed by atoms with van der Waals surface area (Å²) in [5.41, 5.74) is -0.385. The van der Waals surface area contributed by atoms with Crippen molar-refractivity contribution < 1.29 is 85.7 Å². The lowest BCUT2D eigenvalue weighted by atomic mass is 9.71. The highest BCUT2D eigenvalue weighted by atomic mass is 35.5. The van der Waals surface area contributed by atoms with Gasteiger partial charge in [-0.1, -0.05) is 57.8 Å². The van der Waals surface area contributed by atoms with Gasteiger partial charge in [0.25, 0.3) is 5.91 Å². The standard InChI is InChI=1S/C59H88Cl2N4O18/c1-18-44-59(14,82-55(70)63-22-19-23-74-43-25-38(20-21-42(43)71-15)52(68)64-46-39(60)28-62-29-40(46)61)35(7)32(4)47(67)30(2)26-57(12,72-16)50(80-54-49-41(24-31(3)75-54)65-83-56(10,11)81-49)33(5)48(34(6)53(69)78-44)79-45-27-58(13,73-17)51(36(8)76-45)77-37(9)66/h20-21,25,28-36,41,44-45,48-51,54,65H,18-19,22-24,26-27H2,1-17H3,(H,63,70)(H,62,64,68)/t30-,31-,32-,33+,34-,35-,36+,41+,44-,45+,48+,49-,50-,51+,54+,57-,58-,59+/m1/s1. The van der Waals surface area contributed by atoms with Crippen LogP contribution in [0.3, 0.4) is 0 Å². The second-order valence-electron chi connectivity index (χ2n) is 23.6. The van der Waals surface area contributed by atoms with Gasteiger partial charge in [-0.3, -0.25) is 29.0 Å². The van der Waals surface area contributed by atoms with Crippen molar-refractivity contribution in [1.29, 1.82) is 0 Å². The fourth-order valence-corrected chi connectivity index (χ4v) is 12.4. The van der Waals surface area contributed by atoms with Gasteiger partial charge in [0.05, 0.1) is 71.4 Å². The number of anilines is 1. The lowest BCUT2D eigenvalue weighted by Gasteiger charge is -2.51. The normalized spacial score (nSPS) is 36.1. The summed E-state index contributed by atoms with van der Waals surface area (Å²) in [4.78, 5) is 79.7. The highest BCUT2D eigenvalue weighted by Crippen LogP contribution is 2.45. The first-order valence-electron chi connectivity index (χ1n) is 28.6. The Kier molecular flexibility index (Phi) is 23.1. The summed E-state index contributed by atoms with van der Waals surface area (Å²) in [7, 11) is 4.53. The highest BCUT2D eigenvalue weighted by Gasteiger charge is 2.56. The van der Waals surface area contributed by atoms with Crippen molar-refractivity contribution in [2.75, 3.05) is 39.8 Å². The van der Waals surface area contributed by atoms with Crippen LogP contribution >= 0.6 is 23.2 Å². The summed E-state index contributed by atoms with van der Waals surface area (Å²) in [5.74, 6) is -6.33. The van der Waals surface area contributed by atoms with Gasteiger partial charge in [0.15, 0.2) is 41.6 Å². The number of nitrogens with zero attached hydrogens (tertiary/aromatic N) is 1. The number of hydroxylamine groups is 1. The first-order valence-corrected chi connectivity index (χ1v) is 29.3. The first kappa shape index (κ1) is 67.7. The molecule has 1 aromatic heterocycles. The highest BCUT2D eigenvalue weighted by molar-refractivity contribution is 6.39. The monoisotopic (exact) mass is 1210 g/mol. The predicted molar refractivity (Wildman–Crippen MR) is 305 cm³/mol. The molecule has 0 unspecified atom stereocenters. The van der Waals surface area contributed by atoms with Gasteiger partial charge in [0, 0.05) is 75.7 Å². The first-order chi connectivity index (χ1) is 38.9. The lowest BCUT2D eigenvalue weighted by molar-refractivity contribution is -0.388. The molecule has 0 aliphatic carbocycles. The molecule has 2 amide bonds. The number of alkyl carbamates (subject to hydrolysis) is 1. The number of pyridine rings is 1. The van der Waals surface area contributed by atoms with Gasteiger partial charge >= 0.3 is 18.0 Å². The maximum Gasteiger partial charge on any atom is 0.407 e. The summed E-state index contributed by atoms with van der Waals surface area (Å²) >= 11 is 12.5. The maximum absolute atomic E-state index is 15.2. The topological polar surface area (TPSA) is 254 Å². The number of hydrogen-bond donors (Lipinski definition) is 3. The van der Waals surface area contributed by atoms with E-state index in [0.29, 0.717) is 12.2 Å². The van der Waals surface area contributed by atoms with Crippen LogP contribution in [0.5, 0.6) is 11.5 Å². The van der Waals surface area contributed by atoms with E-state index in [0.717, 1.165) is 0 Å². The van der Waals surface area contributed by atoms with Gasteiger partial charge in [-0.15, -0.1) is 0 Å². The molecule has 6 rings (SSSR count). The molecule has 466 valence electrons. The van der Waals surface area contributed by atoms with E-state index in [4.69, 9.17) is 84.9 Å². The molecule has 18 atom stereocenters. The zero-order valence-corrected chi connectivity index (χ0v) is 52.6. The van der Waals surface area contributed by atoms with Gasteiger partial charge in [-0.2, -0.15) is 5.48 Å². The van der Waals surface area contributed by atoms with E-state index in [2.05, 4.69) is 21.1 Å². The molecule has 0 bridgehead atoms. The van der Waals surface area contributed by atoms with E-state index in [1.165, 1.54) is 39.6 Å². The SMILES string of the molecule is CC[C@H]1OC(=O)[C@H](C)[C@@H](O[C@H]2C[C@@](C)(OC)[C@@H](OC(C)=O)[C@H](C)O2)[C@H](C)[C@@H](O[C@@H]2O[C@H](C)C[C@@H]3NOC(C)(C)O[C@@H]23)[C@](C)(OC)C[C@@H](C)C(=O)[C@H](C)[C@@H](C)[C@]1(C)OC(=O)NCCCOc1cc(C(=O)Nc2c(Cl)cncc2Cl)ccc1OC. The minimum absolute atomic E-state index is 0.0751. The average Bonchev–Trinajstić information content (AvgIpc) is 3.59. The van der Waals surface area contributed by atoms with Crippen LogP contribution < -0.4 is 25.6 Å². The molecule has 0 spiro atoms. The zero-order valence-electron chi connectivity index (χ0n) is 51.0. The maximum atomic E-state index is 15.2. The number of carbonyl (C=O) groups is 5. The lowest BCUT2D eigenvalue weighted by Crippen LogP contribution is -2.65. The summed E-state index contributed by atoms with van der Waals surface area (Å²) < 4.78 is 76.6. The molecule has 22 nitrogen and oxygen atoms in total. The fraction of sp³-hybridized carbons (Fsp3) is 0.729. The number of nitrogens with one attached hydrogen (secondary N) is 3. The van der Waals surface area contributed by atoms with Crippen LogP contribution in [0.2, 0.25) is 10.0 Å². The number of aromatic nitrogens is 1. The van der Waals surface area contributed by atoms with E-state index in [-0.39, 0.29) is 83.8 Å². The van der Waals surface area contributed by atoms with Gasteiger partial charge in [-0.05, 0) is 99.3 Å². The van der Waals surface area contributed by atoms with E-state index < -0.39 is 125 Å². The second-order valence-corrected chi connectivity index (χ2v) is 24.4. The molecule has 4 saturated heterocycles. The van der Waals surface area contributed by atoms with Crippen LogP contribution in [-0.2, 0) is 66.6 Å². The van der Waals surface area contributed by atoms with Gasteiger partial charge in [0.2, 0.25) is 0 Å². The predicted octanol–water partition coefficient (Wildman–Crippen LogP) is 9.19. The van der Waals surface area contributed by atoms with Crippen LogP contribution in [0.25, 0.3) is 0 Å². The molecule has 1 aromatic carbocycles. The Morgan fingerprint density at radius 1 is 0.855 bits per heavy atom. The third-order valence-electron chi connectivity index (χ3n) is 17.0. The van der Waals surface area contributed by atoms with Crippen LogP contribution in [0, 0.1) is 29.6 Å². The molecule has 4 aliphatic heterocycles. The molecule has 5 heterocycles. The average molecular weight is 1210 g/mol. The number of rotatable bonds is 17. The van der Waals surface area contributed by atoms with E-state index in [1.54, 1.807) is 81.6 Å². The number of methoxy groups -OCH3 is 3. The largest absolute Gasteiger partial charge is 0.493 e. The number of halogens is 2. The molecule has 4 aliphatic rings. The summed E-state index contributed by atoms with van der Waals surface area (Å²) in [5, 5.41) is 5.83. The zero-order chi connectivity index (χ0) is 61.5. The van der Waals surface area contributed by atoms with E-state index in [1.807, 2.05) is 27.7 Å². The quantitative estimate of drug-likeness (QED) is 0.0758. The number of ether oxygens (including phenoxy) is 12.